The topological polar surface area (TPSA) is 35.7 Å². The first-order valence-electron chi connectivity index (χ1n) is 10.3. The molecule has 144 valence electrons. The summed E-state index contributed by atoms with van der Waals surface area (Å²) in [7, 11) is 0. The molecular weight excluding hydrogens is 332 g/mol. The molecule has 2 saturated heterocycles. The van der Waals surface area contributed by atoms with Crippen LogP contribution in [0.4, 0.5) is 17.1 Å². The highest BCUT2D eigenvalue weighted by Gasteiger charge is 2.24. The maximum Gasteiger partial charge on any atom is 0.0367 e. The lowest BCUT2D eigenvalue weighted by molar-refractivity contribution is 0.201. The number of benzene rings is 2. The maximum absolute atomic E-state index is 5.81. The predicted octanol–water partition coefficient (Wildman–Crippen LogP) is 3.62. The van der Waals surface area contributed by atoms with E-state index in [4.69, 9.17) is 5.73 Å². The lowest BCUT2D eigenvalue weighted by atomic mass is 9.95. The Bertz CT molecular complexity index is 646. The quantitative estimate of drug-likeness (QED) is 0.841. The van der Waals surface area contributed by atoms with Crippen LogP contribution in [0.15, 0.2) is 48.5 Å². The summed E-state index contributed by atoms with van der Waals surface area (Å²) < 4.78 is 0. The zero-order valence-corrected chi connectivity index (χ0v) is 16.5. The third-order valence-electron chi connectivity index (χ3n) is 6.16. The van der Waals surface area contributed by atoms with E-state index >= 15 is 0 Å². The van der Waals surface area contributed by atoms with Gasteiger partial charge < -0.3 is 15.5 Å². The van der Waals surface area contributed by atoms with Gasteiger partial charge in [0, 0.05) is 62.9 Å². The Morgan fingerprint density at radius 2 is 1.26 bits per heavy atom. The van der Waals surface area contributed by atoms with E-state index in [0.717, 1.165) is 37.8 Å². The highest BCUT2D eigenvalue weighted by Crippen LogP contribution is 2.25. The van der Waals surface area contributed by atoms with Crippen molar-refractivity contribution in [3.05, 3.63) is 54.1 Å². The molecule has 4 heteroatoms. The fraction of sp³-hybridized carbons (Fsp3) is 0.478. The molecule has 2 aromatic rings. The molecular formula is C23H32N4. The van der Waals surface area contributed by atoms with E-state index in [2.05, 4.69) is 58.0 Å². The second-order valence-electron chi connectivity index (χ2n) is 8.15. The molecule has 2 heterocycles. The van der Waals surface area contributed by atoms with Gasteiger partial charge in [-0.1, -0.05) is 17.7 Å². The monoisotopic (exact) mass is 364 g/mol. The smallest absolute Gasteiger partial charge is 0.0367 e. The third kappa shape index (κ3) is 4.56. The van der Waals surface area contributed by atoms with E-state index in [1.54, 1.807) is 0 Å². The highest BCUT2D eigenvalue weighted by molar-refractivity contribution is 5.53. The molecule has 0 aliphatic carbocycles. The molecule has 0 amide bonds. The van der Waals surface area contributed by atoms with Gasteiger partial charge in [-0.05, 0) is 62.1 Å². The molecule has 2 fully saturated rings. The summed E-state index contributed by atoms with van der Waals surface area (Å²) >= 11 is 0. The summed E-state index contributed by atoms with van der Waals surface area (Å²) in [5, 5.41) is 0. The van der Waals surface area contributed by atoms with Crippen molar-refractivity contribution in [1.29, 1.82) is 0 Å². The molecule has 4 rings (SSSR count). The number of rotatable bonds is 4. The number of hydrogen-bond acceptors (Lipinski definition) is 4. The second kappa shape index (κ2) is 8.22. The van der Waals surface area contributed by atoms with Crippen molar-refractivity contribution in [3.8, 4) is 0 Å². The van der Waals surface area contributed by atoms with Crippen LogP contribution in [0, 0.1) is 12.8 Å². The van der Waals surface area contributed by atoms with E-state index in [1.165, 1.54) is 49.4 Å². The van der Waals surface area contributed by atoms with Crippen LogP contribution < -0.4 is 15.5 Å². The van der Waals surface area contributed by atoms with Crippen LogP contribution in [0.25, 0.3) is 0 Å². The zero-order valence-electron chi connectivity index (χ0n) is 16.5. The number of anilines is 3. The van der Waals surface area contributed by atoms with Crippen LogP contribution >= 0.6 is 0 Å². The van der Waals surface area contributed by atoms with E-state index in [-0.39, 0.29) is 0 Å². The Kier molecular flexibility index (Phi) is 5.53. The molecule has 0 spiro atoms. The molecule has 2 aromatic carbocycles. The van der Waals surface area contributed by atoms with Crippen LogP contribution in [0.2, 0.25) is 0 Å². The van der Waals surface area contributed by atoms with E-state index in [1.807, 2.05) is 12.1 Å². The number of aryl methyl sites for hydroxylation is 1. The Hall–Kier alpha value is -2.20. The summed E-state index contributed by atoms with van der Waals surface area (Å²) in [5.74, 6) is 0.834. The zero-order chi connectivity index (χ0) is 18.6. The molecule has 0 radical (unpaired) electrons. The fourth-order valence-corrected chi connectivity index (χ4v) is 4.37. The van der Waals surface area contributed by atoms with E-state index < -0.39 is 0 Å². The van der Waals surface area contributed by atoms with Crippen molar-refractivity contribution in [2.45, 2.75) is 19.8 Å². The number of nitrogens with two attached hydrogens (primary N) is 1. The van der Waals surface area contributed by atoms with Gasteiger partial charge in [-0.25, -0.2) is 0 Å². The Morgan fingerprint density at radius 3 is 1.85 bits per heavy atom. The standard InChI is InChI=1S/C23H32N4/c1-19-2-6-22(7-3-19)27-16-14-25(15-17-27)18-20-10-12-26(13-11-20)23-8-4-21(24)5-9-23/h2-9,20H,10-18,24H2,1H3. The largest absolute Gasteiger partial charge is 0.399 e. The van der Waals surface area contributed by atoms with Crippen LogP contribution in [0.5, 0.6) is 0 Å². The lowest BCUT2D eigenvalue weighted by Crippen LogP contribution is -2.49. The van der Waals surface area contributed by atoms with Crippen LogP contribution in [0.3, 0.4) is 0 Å². The Morgan fingerprint density at radius 1 is 0.741 bits per heavy atom. The molecule has 0 atom stereocenters. The SMILES string of the molecule is Cc1ccc(N2CCN(CC3CCN(c4ccc(N)cc4)CC3)CC2)cc1. The van der Waals surface area contributed by atoms with Crippen molar-refractivity contribution in [3.63, 3.8) is 0 Å². The fourth-order valence-electron chi connectivity index (χ4n) is 4.37. The summed E-state index contributed by atoms with van der Waals surface area (Å²) in [4.78, 5) is 7.71. The lowest BCUT2D eigenvalue weighted by Gasteiger charge is -2.40. The Balaban J connectivity index is 1.22. The maximum atomic E-state index is 5.81. The van der Waals surface area contributed by atoms with Crippen molar-refractivity contribution < 1.29 is 0 Å². The van der Waals surface area contributed by atoms with Crippen molar-refractivity contribution in [1.82, 2.24) is 4.90 Å². The van der Waals surface area contributed by atoms with Gasteiger partial charge in [0.05, 0.1) is 0 Å². The number of nitrogen functional groups attached to an aromatic ring is 1. The van der Waals surface area contributed by atoms with Gasteiger partial charge >= 0.3 is 0 Å². The van der Waals surface area contributed by atoms with Crippen molar-refractivity contribution in [2.24, 2.45) is 5.92 Å². The highest BCUT2D eigenvalue weighted by atomic mass is 15.3. The normalized spacial score (nSPS) is 19.4. The van der Waals surface area contributed by atoms with Gasteiger partial charge in [-0.15, -0.1) is 0 Å². The molecule has 2 aliphatic heterocycles. The molecule has 0 aromatic heterocycles. The van der Waals surface area contributed by atoms with Gasteiger partial charge in [0.25, 0.3) is 0 Å². The molecule has 0 saturated carbocycles. The van der Waals surface area contributed by atoms with Gasteiger partial charge in [0.15, 0.2) is 0 Å². The minimum absolute atomic E-state index is 0.834. The minimum Gasteiger partial charge on any atom is -0.399 e. The van der Waals surface area contributed by atoms with Crippen LogP contribution in [0.1, 0.15) is 18.4 Å². The molecule has 0 unspecified atom stereocenters. The van der Waals surface area contributed by atoms with Crippen molar-refractivity contribution >= 4 is 17.1 Å². The predicted molar refractivity (Wildman–Crippen MR) is 116 cm³/mol. The van der Waals surface area contributed by atoms with Gasteiger partial charge in [0.2, 0.25) is 0 Å². The van der Waals surface area contributed by atoms with Crippen LogP contribution in [-0.2, 0) is 0 Å². The number of nitrogens with zero attached hydrogens (tertiary/aromatic N) is 3. The van der Waals surface area contributed by atoms with Crippen LogP contribution in [-0.4, -0.2) is 50.7 Å². The summed E-state index contributed by atoms with van der Waals surface area (Å²) in [6.07, 6.45) is 2.59. The average molecular weight is 365 g/mol. The number of piperidine rings is 1. The summed E-state index contributed by atoms with van der Waals surface area (Å²) in [5.41, 5.74) is 10.7. The first-order chi connectivity index (χ1) is 13.2. The van der Waals surface area contributed by atoms with Gasteiger partial charge in [0.1, 0.15) is 0 Å². The second-order valence-corrected chi connectivity index (χ2v) is 8.15. The first kappa shape index (κ1) is 18.2. The molecule has 2 aliphatic rings. The summed E-state index contributed by atoms with van der Waals surface area (Å²) in [6.45, 7) is 10.4. The van der Waals surface area contributed by atoms with Gasteiger partial charge in [-0.2, -0.15) is 0 Å². The first-order valence-corrected chi connectivity index (χ1v) is 10.3. The van der Waals surface area contributed by atoms with E-state index in [9.17, 15) is 0 Å². The Labute approximate surface area is 163 Å². The van der Waals surface area contributed by atoms with Gasteiger partial charge in [-0.3, -0.25) is 4.90 Å². The minimum atomic E-state index is 0.834. The average Bonchev–Trinajstić information content (AvgIpc) is 2.71. The molecule has 0 bridgehead atoms. The van der Waals surface area contributed by atoms with Crippen molar-refractivity contribution in [2.75, 3.05) is 61.3 Å². The number of piperazine rings is 1. The van der Waals surface area contributed by atoms with E-state index in [0.29, 0.717) is 0 Å². The third-order valence-corrected chi connectivity index (χ3v) is 6.16. The molecule has 27 heavy (non-hydrogen) atoms. The molecule has 2 N–H and O–H groups in total. The molecule has 4 nitrogen and oxygen atoms in total. The summed E-state index contributed by atoms with van der Waals surface area (Å²) in [6, 6.07) is 17.3. The number of hydrogen-bond donors (Lipinski definition) is 1.